The van der Waals surface area contributed by atoms with E-state index in [9.17, 15) is 13.2 Å². The van der Waals surface area contributed by atoms with Gasteiger partial charge in [0.1, 0.15) is 0 Å². The first-order valence-corrected chi connectivity index (χ1v) is 5.97. The summed E-state index contributed by atoms with van der Waals surface area (Å²) in [6.45, 7) is 2.56. The van der Waals surface area contributed by atoms with E-state index >= 15 is 0 Å². The third kappa shape index (κ3) is 5.70. The summed E-state index contributed by atoms with van der Waals surface area (Å²) >= 11 is 0. The highest BCUT2D eigenvalue weighted by Crippen LogP contribution is 2.22. The molecular formula is C11H21F3N2. The van der Waals surface area contributed by atoms with Crippen molar-refractivity contribution in [3.63, 3.8) is 0 Å². The molecule has 1 atom stereocenters. The van der Waals surface area contributed by atoms with Crippen LogP contribution in [-0.2, 0) is 0 Å². The van der Waals surface area contributed by atoms with E-state index in [-0.39, 0.29) is 6.42 Å². The Morgan fingerprint density at radius 2 is 2.00 bits per heavy atom. The average Bonchev–Trinajstić information content (AvgIpc) is 2.43. The van der Waals surface area contributed by atoms with Crippen molar-refractivity contribution in [1.82, 2.24) is 10.2 Å². The minimum Gasteiger partial charge on any atom is -0.317 e. The molecule has 16 heavy (non-hydrogen) atoms. The molecule has 0 radical (unpaired) electrons. The second-order valence-corrected chi connectivity index (χ2v) is 4.53. The quantitative estimate of drug-likeness (QED) is 0.809. The lowest BCUT2D eigenvalue weighted by molar-refractivity contribution is -0.136. The van der Waals surface area contributed by atoms with Gasteiger partial charge in [0, 0.05) is 12.5 Å². The van der Waals surface area contributed by atoms with Gasteiger partial charge in [-0.25, -0.2) is 0 Å². The number of nitrogens with one attached hydrogen (secondary N) is 1. The van der Waals surface area contributed by atoms with E-state index in [0.717, 1.165) is 32.4 Å². The SMILES string of the molecule is CN(CCCC(F)(F)F)C1CCCNCC1. The molecule has 1 aliphatic heterocycles. The first-order chi connectivity index (χ1) is 7.49. The van der Waals surface area contributed by atoms with Gasteiger partial charge >= 0.3 is 6.18 Å². The second kappa shape index (κ2) is 6.45. The van der Waals surface area contributed by atoms with E-state index in [1.54, 1.807) is 0 Å². The van der Waals surface area contributed by atoms with Crippen LogP contribution in [0.25, 0.3) is 0 Å². The summed E-state index contributed by atoms with van der Waals surface area (Å²) in [5, 5.41) is 3.31. The molecule has 1 N–H and O–H groups in total. The van der Waals surface area contributed by atoms with E-state index in [1.165, 1.54) is 0 Å². The van der Waals surface area contributed by atoms with Crippen LogP contribution in [0.3, 0.4) is 0 Å². The van der Waals surface area contributed by atoms with Crippen LogP contribution >= 0.6 is 0 Å². The van der Waals surface area contributed by atoms with Crippen molar-refractivity contribution in [2.24, 2.45) is 0 Å². The molecular weight excluding hydrogens is 217 g/mol. The predicted octanol–water partition coefficient (Wildman–Crippen LogP) is 2.40. The van der Waals surface area contributed by atoms with Gasteiger partial charge in [0.25, 0.3) is 0 Å². The number of halogens is 3. The van der Waals surface area contributed by atoms with Crippen LogP contribution in [0.4, 0.5) is 13.2 Å². The maximum absolute atomic E-state index is 12.0. The van der Waals surface area contributed by atoms with Crippen LogP contribution in [0.5, 0.6) is 0 Å². The van der Waals surface area contributed by atoms with Crippen LogP contribution in [0, 0.1) is 0 Å². The van der Waals surface area contributed by atoms with Crippen molar-refractivity contribution in [1.29, 1.82) is 0 Å². The monoisotopic (exact) mass is 238 g/mol. The minimum absolute atomic E-state index is 0.212. The van der Waals surface area contributed by atoms with Gasteiger partial charge in [-0.1, -0.05) is 0 Å². The molecule has 0 bridgehead atoms. The lowest BCUT2D eigenvalue weighted by Gasteiger charge is -2.26. The highest BCUT2D eigenvalue weighted by Gasteiger charge is 2.26. The van der Waals surface area contributed by atoms with Crippen molar-refractivity contribution in [2.45, 2.75) is 44.3 Å². The first-order valence-electron chi connectivity index (χ1n) is 5.97. The third-order valence-corrected chi connectivity index (χ3v) is 3.14. The van der Waals surface area contributed by atoms with Crippen molar-refractivity contribution in [3.8, 4) is 0 Å². The molecule has 1 fully saturated rings. The zero-order valence-electron chi connectivity index (χ0n) is 9.82. The Labute approximate surface area is 95.2 Å². The van der Waals surface area contributed by atoms with Gasteiger partial charge in [0.05, 0.1) is 0 Å². The molecule has 1 rings (SSSR count). The predicted molar refractivity (Wildman–Crippen MR) is 58.4 cm³/mol. The summed E-state index contributed by atoms with van der Waals surface area (Å²) < 4.78 is 36.0. The Balaban J connectivity index is 2.20. The number of rotatable bonds is 4. The number of alkyl halides is 3. The lowest BCUT2D eigenvalue weighted by atomic mass is 10.1. The molecule has 96 valence electrons. The standard InChI is InChI=1S/C11H21F3N2/c1-16(9-3-6-11(12,13)14)10-4-2-7-15-8-5-10/h10,15H,2-9H2,1H3. The van der Waals surface area contributed by atoms with Gasteiger partial charge in [0.15, 0.2) is 0 Å². The van der Waals surface area contributed by atoms with Crippen LogP contribution in [0.15, 0.2) is 0 Å². The van der Waals surface area contributed by atoms with Crippen molar-refractivity contribution in [2.75, 3.05) is 26.7 Å². The van der Waals surface area contributed by atoms with Crippen molar-refractivity contribution >= 4 is 0 Å². The fourth-order valence-corrected chi connectivity index (χ4v) is 2.15. The summed E-state index contributed by atoms with van der Waals surface area (Å²) in [7, 11) is 1.94. The molecule has 5 heteroatoms. The van der Waals surface area contributed by atoms with E-state index in [2.05, 4.69) is 10.2 Å². The van der Waals surface area contributed by atoms with Crippen LogP contribution in [0.2, 0.25) is 0 Å². The molecule has 1 saturated heterocycles. The number of hydrogen-bond donors (Lipinski definition) is 1. The minimum atomic E-state index is -4.01. The summed E-state index contributed by atoms with van der Waals surface area (Å²) in [5.41, 5.74) is 0. The second-order valence-electron chi connectivity index (χ2n) is 4.53. The van der Waals surface area contributed by atoms with Gasteiger partial charge in [0.2, 0.25) is 0 Å². The maximum atomic E-state index is 12.0. The normalized spacial score (nSPS) is 23.4. The fraction of sp³-hybridized carbons (Fsp3) is 1.00. The zero-order chi connectivity index (χ0) is 12.0. The summed E-state index contributed by atoms with van der Waals surface area (Å²) in [6, 6.07) is 0.447. The molecule has 1 unspecified atom stereocenters. The summed E-state index contributed by atoms with van der Waals surface area (Å²) in [4.78, 5) is 2.08. The largest absolute Gasteiger partial charge is 0.389 e. The van der Waals surface area contributed by atoms with Crippen LogP contribution < -0.4 is 5.32 Å². The van der Waals surface area contributed by atoms with Gasteiger partial charge < -0.3 is 10.2 Å². The molecule has 2 nitrogen and oxygen atoms in total. The average molecular weight is 238 g/mol. The molecule has 0 aromatic carbocycles. The van der Waals surface area contributed by atoms with Gasteiger partial charge in [-0.2, -0.15) is 13.2 Å². The number of nitrogens with zero attached hydrogens (tertiary/aromatic N) is 1. The summed E-state index contributed by atoms with van der Waals surface area (Å²) in [5.74, 6) is 0. The molecule has 0 aliphatic carbocycles. The maximum Gasteiger partial charge on any atom is 0.389 e. The van der Waals surface area contributed by atoms with E-state index in [4.69, 9.17) is 0 Å². The lowest BCUT2D eigenvalue weighted by Crippen LogP contribution is -2.33. The van der Waals surface area contributed by atoms with Gasteiger partial charge in [-0.05, 0) is 52.4 Å². The molecule has 0 aromatic rings. The highest BCUT2D eigenvalue weighted by molar-refractivity contribution is 4.74. The zero-order valence-corrected chi connectivity index (χ0v) is 9.82. The van der Waals surface area contributed by atoms with Crippen LogP contribution in [0.1, 0.15) is 32.1 Å². The molecule has 1 aliphatic rings. The first kappa shape index (κ1) is 13.8. The smallest absolute Gasteiger partial charge is 0.317 e. The Hall–Kier alpha value is -0.290. The van der Waals surface area contributed by atoms with Gasteiger partial charge in [-0.3, -0.25) is 0 Å². The Kier molecular flexibility index (Phi) is 5.55. The third-order valence-electron chi connectivity index (χ3n) is 3.14. The van der Waals surface area contributed by atoms with E-state index < -0.39 is 12.6 Å². The fourth-order valence-electron chi connectivity index (χ4n) is 2.15. The van der Waals surface area contributed by atoms with Gasteiger partial charge in [-0.15, -0.1) is 0 Å². The number of hydrogen-bond acceptors (Lipinski definition) is 2. The van der Waals surface area contributed by atoms with Crippen molar-refractivity contribution in [3.05, 3.63) is 0 Å². The molecule has 0 aromatic heterocycles. The molecule has 0 amide bonds. The Morgan fingerprint density at radius 1 is 1.25 bits per heavy atom. The highest BCUT2D eigenvalue weighted by atomic mass is 19.4. The van der Waals surface area contributed by atoms with E-state index in [1.807, 2.05) is 7.05 Å². The van der Waals surface area contributed by atoms with Crippen molar-refractivity contribution < 1.29 is 13.2 Å². The topological polar surface area (TPSA) is 15.3 Å². The molecule has 0 saturated carbocycles. The van der Waals surface area contributed by atoms with E-state index in [0.29, 0.717) is 12.6 Å². The summed E-state index contributed by atoms with van der Waals surface area (Å²) in [6.07, 6.45) is -1.20. The molecule has 1 heterocycles. The molecule has 0 spiro atoms. The van der Waals surface area contributed by atoms with Crippen LogP contribution in [-0.4, -0.2) is 43.8 Å². The Morgan fingerprint density at radius 3 is 2.69 bits per heavy atom. The Bertz CT molecular complexity index is 186.